The molecule has 126 valence electrons. The van der Waals surface area contributed by atoms with Gasteiger partial charge in [-0.25, -0.2) is 0 Å². The van der Waals surface area contributed by atoms with Crippen LogP contribution in [-0.2, 0) is 9.59 Å². The van der Waals surface area contributed by atoms with E-state index in [4.69, 9.17) is 4.42 Å². The van der Waals surface area contributed by atoms with Crippen LogP contribution in [0.15, 0.2) is 28.9 Å². The van der Waals surface area contributed by atoms with E-state index in [9.17, 15) is 14.4 Å². The molecule has 0 aromatic carbocycles. The van der Waals surface area contributed by atoms with Gasteiger partial charge in [0.25, 0.3) is 5.91 Å². The lowest BCUT2D eigenvalue weighted by molar-refractivity contribution is -0.140. The summed E-state index contributed by atoms with van der Waals surface area (Å²) in [6, 6.07) is 1.63. The molecule has 1 aromatic rings. The Bertz CT molecular complexity index is 705. The molecule has 4 atom stereocenters. The SMILES string of the molecule is Cc1occc1C(=O)NCCCN1C(=O)[C@@H]2[C@H](C1=O)[C@H]1C=C[C@H]2C1. The van der Waals surface area contributed by atoms with Crippen LogP contribution in [0.2, 0.25) is 0 Å². The lowest BCUT2D eigenvalue weighted by Gasteiger charge is -2.17. The van der Waals surface area contributed by atoms with Crippen LogP contribution in [0.25, 0.3) is 0 Å². The first-order valence-electron chi connectivity index (χ1n) is 8.44. The number of nitrogens with one attached hydrogen (secondary N) is 1. The van der Waals surface area contributed by atoms with Crippen molar-refractivity contribution in [3.63, 3.8) is 0 Å². The van der Waals surface area contributed by atoms with Crippen molar-refractivity contribution < 1.29 is 18.8 Å². The summed E-state index contributed by atoms with van der Waals surface area (Å²) in [6.07, 6.45) is 7.16. The van der Waals surface area contributed by atoms with Crippen LogP contribution in [-0.4, -0.2) is 35.7 Å². The van der Waals surface area contributed by atoms with Crippen molar-refractivity contribution in [2.24, 2.45) is 23.7 Å². The van der Waals surface area contributed by atoms with Crippen LogP contribution < -0.4 is 5.32 Å². The van der Waals surface area contributed by atoms with E-state index in [0.717, 1.165) is 6.42 Å². The second-order valence-corrected chi connectivity index (χ2v) is 6.83. The molecular weight excluding hydrogens is 308 g/mol. The van der Waals surface area contributed by atoms with Crippen molar-refractivity contribution in [1.29, 1.82) is 0 Å². The summed E-state index contributed by atoms with van der Waals surface area (Å²) in [4.78, 5) is 38.4. The summed E-state index contributed by atoms with van der Waals surface area (Å²) < 4.78 is 5.11. The number of fused-ring (bicyclic) bond motifs is 5. The van der Waals surface area contributed by atoms with Crippen LogP contribution in [0.4, 0.5) is 0 Å². The zero-order valence-corrected chi connectivity index (χ0v) is 13.5. The highest BCUT2D eigenvalue weighted by Gasteiger charge is 2.58. The van der Waals surface area contributed by atoms with E-state index in [1.807, 2.05) is 0 Å². The number of aryl methyl sites for hydroxylation is 1. The van der Waals surface area contributed by atoms with Gasteiger partial charge in [-0.1, -0.05) is 12.2 Å². The number of furan rings is 1. The number of carbonyl (C=O) groups is 3. The van der Waals surface area contributed by atoms with Gasteiger partial charge in [0, 0.05) is 13.1 Å². The Morgan fingerprint density at radius 3 is 2.50 bits per heavy atom. The smallest absolute Gasteiger partial charge is 0.254 e. The molecule has 0 radical (unpaired) electrons. The van der Waals surface area contributed by atoms with Crippen LogP contribution in [0.5, 0.6) is 0 Å². The maximum atomic E-state index is 12.5. The van der Waals surface area contributed by atoms with E-state index < -0.39 is 0 Å². The number of hydrogen-bond acceptors (Lipinski definition) is 4. The van der Waals surface area contributed by atoms with Crippen molar-refractivity contribution >= 4 is 17.7 Å². The van der Waals surface area contributed by atoms with Gasteiger partial charge in [-0.15, -0.1) is 0 Å². The summed E-state index contributed by atoms with van der Waals surface area (Å²) in [5.41, 5.74) is 0.514. The van der Waals surface area contributed by atoms with Crippen LogP contribution in [0.3, 0.4) is 0 Å². The Labute approximate surface area is 139 Å². The predicted octanol–water partition coefficient (Wildman–Crippen LogP) is 1.52. The molecule has 2 aliphatic carbocycles. The van der Waals surface area contributed by atoms with Gasteiger partial charge in [0.1, 0.15) is 5.76 Å². The zero-order chi connectivity index (χ0) is 16.8. The Morgan fingerprint density at radius 2 is 1.92 bits per heavy atom. The number of imide groups is 1. The average molecular weight is 328 g/mol. The highest BCUT2D eigenvalue weighted by molar-refractivity contribution is 6.06. The topological polar surface area (TPSA) is 79.6 Å². The van der Waals surface area contributed by atoms with Gasteiger partial charge in [-0.05, 0) is 37.7 Å². The Hall–Kier alpha value is -2.37. The number of rotatable bonds is 5. The maximum absolute atomic E-state index is 12.5. The molecule has 1 N–H and O–H groups in total. The Balaban J connectivity index is 1.30. The molecular formula is C18H20N2O4. The lowest BCUT2D eigenvalue weighted by atomic mass is 9.85. The number of hydrogen-bond donors (Lipinski definition) is 1. The molecule has 1 aromatic heterocycles. The van der Waals surface area contributed by atoms with Crippen molar-refractivity contribution in [1.82, 2.24) is 10.2 Å². The van der Waals surface area contributed by atoms with Crippen LogP contribution >= 0.6 is 0 Å². The largest absolute Gasteiger partial charge is 0.469 e. The molecule has 1 saturated heterocycles. The number of allylic oxidation sites excluding steroid dienone is 2. The van der Waals surface area contributed by atoms with Crippen molar-refractivity contribution in [3.05, 3.63) is 35.8 Å². The molecule has 2 heterocycles. The molecule has 3 amide bonds. The van der Waals surface area contributed by atoms with Crippen molar-refractivity contribution in [3.8, 4) is 0 Å². The first-order valence-corrected chi connectivity index (χ1v) is 8.44. The monoisotopic (exact) mass is 328 g/mol. The number of nitrogens with zero attached hydrogens (tertiary/aromatic N) is 1. The molecule has 2 bridgehead atoms. The molecule has 6 nitrogen and oxygen atoms in total. The standard InChI is InChI=1S/C18H20N2O4/c1-10-13(5-8-24-10)16(21)19-6-2-7-20-17(22)14-11-3-4-12(9-11)15(14)18(20)23/h3-5,8,11-12,14-15H,2,6-7,9H2,1H3,(H,19,21)/t11-,12-,14-,15+/m0/s1. The van der Waals surface area contributed by atoms with Crippen molar-refractivity contribution in [2.45, 2.75) is 19.8 Å². The van der Waals surface area contributed by atoms with E-state index in [0.29, 0.717) is 30.8 Å². The zero-order valence-electron chi connectivity index (χ0n) is 13.5. The van der Waals surface area contributed by atoms with Gasteiger partial charge in [0.15, 0.2) is 0 Å². The summed E-state index contributed by atoms with van der Waals surface area (Å²) >= 11 is 0. The molecule has 1 aliphatic heterocycles. The quantitative estimate of drug-likeness (QED) is 0.505. The van der Waals surface area contributed by atoms with Gasteiger partial charge in [0.2, 0.25) is 11.8 Å². The van der Waals surface area contributed by atoms with E-state index in [1.165, 1.54) is 11.2 Å². The van der Waals surface area contributed by atoms with Gasteiger partial charge in [-0.3, -0.25) is 19.3 Å². The van der Waals surface area contributed by atoms with Crippen LogP contribution in [0.1, 0.15) is 29.0 Å². The van der Waals surface area contributed by atoms with Gasteiger partial charge in [-0.2, -0.15) is 0 Å². The Kier molecular flexibility index (Phi) is 3.55. The van der Waals surface area contributed by atoms with Gasteiger partial charge >= 0.3 is 0 Å². The molecule has 4 rings (SSSR count). The maximum Gasteiger partial charge on any atom is 0.254 e. The molecule has 6 heteroatoms. The van der Waals surface area contributed by atoms with Crippen molar-refractivity contribution in [2.75, 3.05) is 13.1 Å². The lowest BCUT2D eigenvalue weighted by Crippen LogP contribution is -2.35. The molecule has 0 spiro atoms. The van der Waals surface area contributed by atoms with Gasteiger partial charge in [0.05, 0.1) is 23.7 Å². The minimum Gasteiger partial charge on any atom is -0.469 e. The number of likely N-dealkylation sites (tertiary alicyclic amines) is 1. The first-order chi connectivity index (χ1) is 11.6. The summed E-state index contributed by atoms with van der Waals surface area (Å²) in [5.74, 6) is 0.520. The minimum absolute atomic E-state index is 0.0288. The highest BCUT2D eigenvalue weighted by atomic mass is 16.3. The van der Waals surface area contributed by atoms with E-state index in [2.05, 4.69) is 17.5 Å². The molecule has 2 fully saturated rings. The third-order valence-corrected chi connectivity index (χ3v) is 5.51. The third-order valence-electron chi connectivity index (χ3n) is 5.51. The fraction of sp³-hybridized carbons (Fsp3) is 0.500. The fourth-order valence-electron chi connectivity index (χ4n) is 4.34. The second-order valence-electron chi connectivity index (χ2n) is 6.83. The molecule has 0 unspecified atom stereocenters. The first kappa shape index (κ1) is 15.2. The minimum atomic E-state index is -0.195. The third kappa shape index (κ3) is 2.20. The summed E-state index contributed by atoms with van der Waals surface area (Å²) in [6.45, 7) is 2.52. The molecule has 3 aliphatic rings. The average Bonchev–Trinajstić information content (AvgIpc) is 3.31. The fourth-order valence-corrected chi connectivity index (χ4v) is 4.34. The summed E-state index contributed by atoms with van der Waals surface area (Å²) in [7, 11) is 0. The second kappa shape index (κ2) is 5.61. The predicted molar refractivity (Wildman–Crippen MR) is 84.8 cm³/mol. The number of amides is 3. The van der Waals surface area contributed by atoms with E-state index >= 15 is 0 Å². The highest BCUT2D eigenvalue weighted by Crippen LogP contribution is 2.52. The van der Waals surface area contributed by atoms with Gasteiger partial charge < -0.3 is 9.73 Å². The number of carbonyl (C=O) groups excluding carboxylic acids is 3. The van der Waals surface area contributed by atoms with E-state index in [1.54, 1.807) is 13.0 Å². The molecule has 24 heavy (non-hydrogen) atoms. The Morgan fingerprint density at radius 1 is 1.25 bits per heavy atom. The summed E-state index contributed by atoms with van der Waals surface area (Å²) in [5, 5.41) is 2.80. The van der Waals surface area contributed by atoms with Crippen LogP contribution in [0, 0.1) is 30.6 Å². The normalized spacial score (nSPS) is 30.3. The van der Waals surface area contributed by atoms with E-state index in [-0.39, 0.29) is 41.4 Å². The molecule has 1 saturated carbocycles.